The minimum absolute atomic E-state index is 0.0956. The number of imidazole rings is 1. The quantitative estimate of drug-likeness (QED) is 0.537. The Labute approximate surface area is 204 Å². The molecule has 180 valence electrons. The van der Waals surface area contributed by atoms with Crippen LogP contribution in [0.15, 0.2) is 47.2 Å². The Hall–Kier alpha value is -3.45. The summed E-state index contributed by atoms with van der Waals surface area (Å²) in [7, 11) is 0. The van der Waals surface area contributed by atoms with E-state index in [1.165, 1.54) is 11.1 Å². The van der Waals surface area contributed by atoms with E-state index in [4.69, 9.17) is 20.2 Å². The Balaban J connectivity index is 1.25. The fourth-order valence-corrected chi connectivity index (χ4v) is 5.37. The van der Waals surface area contributed by atoms with Gasteiger partial charge < -0.3 is 25.0 Å². The average molecular weight is 471 g/mol. The third-order valence-corrected chi connectivity index (χ3v) is 7.90. The lowest BCUT2D eigenvalue weighted by Crippen LogP contribution is -2.43. The number of carbonyl (C=O) groups excluding carboxylic acids is 1. The summed E-state index contributed by atoms with van der Waals surface area (Å²) in [6.07, 6.45) is 4.19. The Morgan fingerprint density at radius 2 is 2.00 bits per heavy atom. The average Bonchev–Trinajstić information content (AvgIpc) is 3.17. The molecule has 1 aromatic heterocycles. The van der Waals surface area contributed by atoms with Crippen LogP contribution in [0, 0.1) is 19.3 Å². The van der Waals surface area contributed by atoms with Gasteiger partial charge in [0.1, 0.15) is 41.1 Å². The first kappa shape index (κ1) is 22.0. The third kappa shape index (κ3) is 3.57. The highest BCUT2D eigenvalue weighted by Gasteiger charge is 2.61. The van der Waals surface area contributed by atoms with E-state index in [1.807, 2.05) is 25.1 Å². The lowest BCUT2D eigenvalue weighted by molar-refractivity contribution is -0.117. The molecule has 3 aliphatic rings. The smallest absolute Gasteiger partial charge is 0.129 e. The highest BCUT2D eigenvalue weighted by Crippen LogP contribution is 2.63. The molecule has 1 fully saturated rings. The lowest BCUT2D eigenvalue weighted by atomic mass is 9.78. The predicted octanol–water partition coefficient (Wildman–Crippen LogP) is 4.83. The number of ketones is 1. The van der Waals surface area contributed by atoms with Crippen LogP contribution in [-0.2, 0) is 4.79 Å². The van der Waals surface area contributed by atoms with Crippen molar-refractivity contribution in [2.45, 2.75) is 64.6 Å². The molecule has 0 bridgehead atoms. The van der Waals surface area contributed by atoms with E-state index >= 15 is 0 Å². The van der Waals surface area contributed by atoms with Gasteiger partial charge >= 0.3 is 0 Å². The van der Waals surface area contributed by atoms with Crippen LogP contribution in [-0.4, -0.2) is 34.2 Å². The first-order valence-electron chi connectivity index (χ1n) is 12.2. The molecule has 5 atom stereocenters. The van der Waals surface area contributed by atoms with E-state index in [9.17, 15) is 4.79 Å². The van der Waals surface area contributed by atoms with Gasteiger partial charge in [0, 0.05) is 24.1 Å². The van der Waals surface area contributed by atoms with Crippen LogP contribution in [0.25, 0.3) is 11.0 Å². The summed E-state index contributed by atoms with van der Waals surface area (Å²) < 4.78 is 12.6. The number of carbonyl (C=O) groups is 1. The highest BCUT2D eigenvalue weighted by molar-refractivity contribution is 5.78. The zero-order valence-electron chi connectivity index (χ0n) is 20.5. The molecule has 1 saturated carbocycles. The number of nitrogens with zero attached hydrogens (tertiary/aromatic N) is 2. The summed E-state index contributed by atoms with van der Waals surface area (Å²) in [5, 5.41) is 0. The number of aromatic nitrogens is 2. The molecule has 6 rings (SSSR count). The van der Waals surface area contributed by atoms with Crippen molar-refractivity contribution >= 4 is 23.0 Å². The molecular weight excluding hydrogens is 440 g/mol. The van der Waals surface area contributed by atoms with Gasteiger partial charge in [-0.15, -0.1) is 0 Å². The van der Waals surface area contributed by atoms with Crippen molar-refractivity contribution < 1.29 is 14.3 Å². The monoisotopic (exact) mass is 470 g/mol. The van der Waals surface area contributed by atoms with Gasteiger partial charge in [0.25, 0.3) is 0 Å². The summed E-state index contributed by atoms with van der Waals surface area (Å²) in [6.45, 7) is 7.84. The van der Waals surface area contributed by atoms with Crippen molar-refractivity contribution in [1.29, 1.82) is 0 Å². The fourth-order valence-electron chi connectivity index (χ4n) is 5.37. The standard InChI is InChI=1S/C28H30N4O3/c1-14-11-19-20(12-15(14)2)32-26(31-19)24-23-18-13-17(5-6-21(18)35-25(23)24)34-22-8-10-30-27(29)28(22,4)9-7-16(3)33/h5-6,8,10-13,23-25,27H,7,9,29H2,1-4H3,(H,31,32)/t23-,24?,25?,27?,28?/m0/s1. The number of allylic oxidation sites excluding steroid dienone is 1. The third-order valence-electron chi connectivity index (χ3n) is 7.90. The molecule has 0 radical (unpaired) electrons. The second-order valence-electron chi connectivity index (χ2n) is 10.4. The Morgan fingerprint density at radius 1 is 1.20 bits per heavy atom. The minimum atomic E-state index is -0.550. The first-order valence-corrected chi connectivity index (χ1v) is 12.2. The van der Waals surface area contributed by atoms with Gasteiger partial charge in [-0.1, -0.05) is 0 Å². The molecule has 3 heterocycles. The molecule has 3 N–H and O–H groups in total. The van der Waals surface area contributed by atoms with Crippen molar-refractivity contribution in [3.63, 3.8) is 0 Å². The largest absolute Gasteiger partial charge is 0.489 e. The molecule has 3 aromatic rings. The normalized spacial score (nSPS) is 28.3. The molecule has 7 heteroatoms. The summed E-state index contributed by atoms with van der Waals surface area (Å²) >= 11 is 0. The van der Waals surface area contributed by atoms with Crippen LogP contribution in [0.2, 0.25) is 0 Å². The molecule has 7 nitrogen and oxygen atoms in total. The number of Topliss-reactive ketones (excluding diaryl/α,β-unsaturated/α-hetero) is 1. The number of fused-ring (bicyclic) bond motifs is 4. The number of hydrogen-bond acceptors (Lipinski definition) is 6. The minimum Gasteiger partial charge on any atom is -0.489 e. The zero-order valence-corrected chi connectivity index (χ0v) is 20.5. The molecule has 35 heavy (non-hydrogen) atoms. The summed E-state index contributed by atoms with van der Waals surface area (Å²) in [5.41, 5.74) is 11.5. The van der Waals surface area contributed by atoms with Crippen LogP contribution in [0.4, 0.5) is 0 Å². The van der Waals surface area contributed by atoms with E-state index < -0.39 is 11.6 Å². The van der Waals surface area contributed by atoms with Crippen LogP contribution in [0.3, 0.4) is 0 Å². The van der Waals surface area contributed by atoms with Gasteiger partial charge in [-0.25, -0.2) is 4.98 Å². The maximum Gasteiger partial charge on any atom is 0.129 e. The molecule has 0 saturated heterocycles. The van der Waals surface area contributed by atoms with E-state index in [0.717, 1.165) is 39.7 Å². The van der Waals surface area contributed by atoms with Gasteiger partial charge in [-0.3, -0.25) is 4.99 Å². The van der Waals surface area contributed by atoms with Crippen LogP contribution in [0.5, 0.6) is 11.5 Å². The SMILES string of the molecule is CC(=O)CCC1(C)C(Oc2ccc3c(c2)[C@@H]2C(O3)C2c2nc3cc(C)c(C)cc3[nH]2)=CC=NC1N. The number of dihydropyridines is 1. The Kier molecular flexibility index (Phi) is 4.90. The molecule has 4 unspecified atom stereocenters. The number of H-pyrrole nitrogens is 1. The Morgan fingerprint density at radius 3 is 2.80 bits per heavy atom. The zero-order chi connectivity index (χ0) is 24.5. The van der Waals surface area contributed by atoms with Gasteiger partial charge in [0.05, 0.1) is 22.4 Å². The molecule has 0 spiro atoms. The predicted molar refractivity (Wildman–Crippen MR) is 135 cm³/mol. The summed E-state index contributed by atoms with van der Waals surface area (Å²) in [6, 6.07) is 10.3. The number of nitrogens with two attached hydrogens (primary N) is 1. The van der Waals surface area contributed by atoms with Gasteiger partial charge in [0.2, 0.25) is 0 Å². The second kappa shape index (κ2) is 7.78. The number of aryl methyl sites for hydroxylation is 2. The molecule has 1 aliphatic carbocycles. The van der Waals surface area contributed by atoms with Gasteiger partial charge in [-0.05, 0) is 81.7 Å². The molecule has 0 amide bonds. The van der Waals surface area contributed by atoms with Gasteiger partial charge in [-0.2, -0.15) is 0 Å². The summed E-state index contributed by atoms with van der Waals surface area (Å²) in [4.78, 5) is 24.4. The number of hydrogen-bond donors (Lipinski definition) is 2. The molecular formula is C28H30N4O3. The number of aromatic amines is 1. The van der Waals surface area contributed by atoms with E-state index in [0.29, 0.717) is 12.8 Å². The van der Waals surface area contributed by atoms with E-state index in [-0.39, 0.29) is 23.7 Å². The number of rotatable bonds is 6. The lowest BCUT2D eigenvalue weighted by Gasteiger charge is -2.36. The topological polar surface area (TPSA) is 103 Å². The van der Waals surface area contributed by atoms with Crippen molar-refractivity contribution in [3.8, 4) is 11.5 Å². The first-order chi connectivity index (χ1) is 16.7. The maximum atomic E-state index is 11.6. The maximum absolute atomic E-state index is 11.6. The fraction of sp³-hybridized carbons (Fsp3) is 0.393. The molecule has 2 aromatic carbocycles. The number of ether oxygens (including phenoxy) is 2. The van der Waals surface area contributed by atoms with Crippen LogP contribution in [0.1, 0.15) is 61.0 Å². The van der Waals surface area contributed by atoms with Crippen molar-refractivity contribution in [3.05, 3.63) is 64.7 Å². The summed E-state index contributed by atoms with van der Waals surface area (Å²) in [5.74, 6) is 3.94. The highest BCUT2D eigenvalue weighted by atomic mass is 16.5. The molecule has 2 aliphatic heterocycles. The van der Waals surface area contributed by atoms with E-state index in [2.05, 4.69) is 42.0 Å². The van der Waals surface area contributed by atoms with Gasteiger partial charge in [0.15, 0.2) is 0 Å². The van der Waals surface area contributed by atoms with Crippen molar-refractivity contribution in [1.82, 2.24) is 9.97 Å². The van der Waals surface area contributed by atoms with Crippen molar-refractivity contribution in [2.75, 3.05) is 0 Å². The number of aliphatic imine (C=N–C) groups is 1. The van der Waals surface area contributed by atoms with Crippen LogP contribution >= 0.6 is 0 Å². The van der Waals surface area contributed by atoms with Crippen molar-refractivity contribution in [2.24, 2.45) is 16.1 Å². The number of nitrogens with one attached hydrogen (secondary N) is 1. The number of benzene rings is 2. The second-order valence-corrected chi connectivity index (χ2v) is 10.4. The Bertz CT molecular complexity index is 1380. The van der Waals surface area contributed by atoms with E-state index in [1.54, 1.807) is 13.1 Å². The van der Waals surface area contributed by atoms with Crippen LogP contribution < -0.4 is 15.2 Å².